The quantitative estimate of drug-likeness (QED) is 0.422. The highest BCUT2D eigenvalue weighted by Crippen LogP contribution is 2.36. The normalized spacial score (nSPS) is 33.6. The van der Waals surface area contributed by atoms with E-state index in [-0.39, 0.29) is 24.1 Å². The summed E-state index contributed by atoms with van der Waals surface area (Å²) in [6.45, 7) is 9.72. The number of nitro groups is 1. The van der Waals surface area contributed by atoms with Gasteiger partial charge in [0, 0.05) is 24.6 Å². The molecule has 1 saturated heterocycles. The Morgan fingerprint density at radius 3 is 2.59 bits per heavy atom. The van der Waals surface area contributed by atoms with Crippen LogP contribution in [-0.4, -0.2) is 76.8 Å². The van der Waals surface area contributed by atoms with Gasteiger partial charge >= 0.3 is 0 Å². The van der Waals surface area contributed by atoms with Gasteiger partial charge in [0.05, 0.1) is 24.9 Å². The maximum atomic E-state index is 11.3. The molecule has 158 valence electrons. The van der Waals surface area contributed by atoms with E-state index in [1.54, 1.807) is 11.8 Å². The summed E-state index contributed by atoms with van der Waals surface area (Å²) in [7, 11) is 0. The van der Waals surface area contributed by atoms with Crippen molar-refractivity contribution in [1.82, 2.24) is 10.2 Å². The Kier molecular flexibility index (Phi) is 8.42. The second-order valence-electron chi connectivity index (χ2n) is 8.74. The van der Waals surface area contributed by atoms with E-state index in [1.165, 1.54) is 6.42 Å². The first-order chi connectivity index (χ1) is 12.7. The largest absolute Gasteiger partial charge is 0.391 e. The molecule has 1 aliphatic carbocycles. The number of piperazine rings is 1. The zero-order chi connectivity index (χ0) is 20.1. The number of aliphatic hydroxyl groups is 2. The second kappa shape index (κ2) is 10.1. The van der Waals surface area contributed by atoms with Crippen LogP contribution in [0.4, 0.5) is 0 Å². The number of ether oxygens (including phenoxy) is 1. The van der Waals surface area contributed by atoms with Gasteiger partial charge < -0.3 is 20.3 Å². The number of rotatable bonds is 8. The Morgan fingerprint density at radius 1 is 1.30 bits per heavy atom. The molecule has 0 aromatic rings. The molecule has 1 aliphatic heterocycles. The number of hydrogen-bond acceptors (Lipinski definition) is 7. The van der Waals surface area contributed by atoms with Crippen molar-refractivity contribution >= 4 is 0 Å². The number of aliphatic hydroxyl groups excluding tert-OH is 2. The van der Waals surface area contributed by atoms with Crippen LogP contribution in [0.25, 0.3) is 0 Å². The van der Waals surface area contributed by atoms with Gasteiger partial charge in [-0.2, -0.15) is 0 Å². The van der Waals surface area contributed by atoms with Gasteiger partial charge in [0.2, 0.25) is 0 Å². The molecule has 0 aromatic heterocycles. The van der Waals surface area contributed by atoms with Crippen molar-refractivity contribution < 1.29 is 19.9 Å². The first-order valence-electron chi connectivity index (χ1n) is 10.3. The summed E-state index contributed by atoms with van der Waals surface area (Å²) >= 11 is 0. The van der Waals surface area contributed by atoms with E-state index >= 15 is 0 Å². The Morgan fingerprint density at radius 2 is 2.00 bits per heavy atom. The fourth-order valence-electron chi connectivity index (χ4n) is 4.50. The Hall–Kier alpha value is -0.800. The van der Waals surface area contributed by atoms with Crippen molar-refractivity contribution in [2.24, 2.45) is 17.8 Å². The topological polar surface area (TPSA) is 108 Å². The highest BCUT2D eigenvalue weighted by molar-refractivity contribution is 4.86. The molecule has 3 N–H and O–H groups in total. The fourth-order valence-corrected chi connectivity index (χ4v) is 4.50. The Balaban J connectivity index is 2.05. The molecular formula is C19H37N3O5. The molecular weight excluding hydrogens is 350 g/mol. The standard InChI is InChI=1S/C19H37N3O5/c1-12(2)15-6-5-13(3)9-17(15)27-19(14(4)23)16(24)11-21-8-7-20-10-18(21)22(25)26/h12-20,23-24H,5-11H2,1-4H3. The van der Waals surface area contributed by atoms with Gasteiger partial charge in [-0.25, -0.2) is 4.90 Å². The number of nitrogens with one attached hydrogen (secondary N) is 1. The number of hydrogen-bond donors (Lipinski definition) is 3. The van der Waals surface area contributed by atoms with Crippen molar-refractivity contribution in [3.8, 4) is 0 Å². The zero-order valence-electron chi connectivity index (χ0n) is 17.1. The molecule has 8 nitrogen and oxygen atoms in total. The second-order valence-corrected chi connectivity index (χ2v) is 8.74. The minimum Gasteiger partial charge on any atom is -0.391 e. The average Bonchev–Trinajstić information content (AvgIpc) is 2.59. The van der Waals surface area contributed by atoms with Crippen LogP contribution in [0.3, 0.4) is 0 Å². The lowest BCUT2D eigenvalue weighted by molar-refractivity contribution is -0.551. The van der Waals surface area contributed by atoms with Crippen LogP contribution >= 0.6 is 0 Å². The maximum Gasteiger partial charge on any atom is 0.280 e. The molecule has 2 aliphatic rings. The van der Waals surface area contributed by atoms with Crippen molar-refractivity contribution in [1.29, 1.82) is 0 Å². The molecule has 7 atom stereocenters. The first-order valence-corrected chi connectivity index (χ1v) is 10.3. The molecule has 0 amide bonds. The summed E-state index contributed by atoms with van der Waals surface area (Å²) < 4.78 is 6.28. The van der Waals surface area contributed by atoms with Crippen LogP contribution < -0.4 is 5.32 Å². The molecule has 0 bridgehead atoms. The summed E-state index contributed by atoms with van der Waals surface area (Å²) in [5, 5.41) is 35.3. The minimum absolute atomic E-state index is 0.00247. The van der Waals surface area contributed by atoms with Crippen molar-refractivity contribution in [2.45, 2.75) is 77.5 Å². The van der Waals surface area contributed by atoms with E-state index in [2.05, 4.69) is 26.1 Å². The van der Waals surface area contributed by atoms with Crippen LogP contribution in [0.1, 0.15) is 47.0 Å². The molecule has 7 unspecified atom stereocenters. The lowest BCUT2D eigenvalue weighted by Gasteiger charge is -2.41. The minimum atomic E-state index is -0.976. The third-order valence-electron chi connectivity index (χ3n) is 6.14. The Bertz CT molecular complexity index is 476. The lowest BCUT2D eigenvalue weighted by Crippen LogP contribution is -2.58. The Labute approximate surface area is 162 Å². The molecule has 1 saturated carbocycles. The molecule has 1 heterocycles. The summed E-state index contributed by atoms with van der Waals surface area (Å²) in [6.07, 6.45) is -0.243. The van der Waals surface area contributed by atoms with Crippen molar-refractivity contribution in [3.63, 3.8) is 0 Å². The third-order valence-corrected chi connectivity index (χ3v) is 6.14. The van der Waals surface area contributed by atoms with E-state index < -0.39 is 24.5 Å². The van der Waals surface area contributed by atoms with Gasteiger partial charge in [0.1, 0.15) is 6.10 Å². The molecule has 27 heavy (non-hydrogen) atoms. The monoisotopic (exact) mass is 387 g/mol. The van der Waals surface area contributed by atoms with Crippen LogP contribution in [0, 0.1) is 27.9 Å². The molecule has 0 spiro atoms. The van der Waals surface area contributed by atoms with Crippen LogP contribution in [0.5, 0.6) is 0 Å². The van der Waals surface area contributed by atoms with Crippen molar-refractivity contribution in [3.05, 3.63) is 10.1 Å². The zero-order valence-corrected chi connectivity index (χ0v) is 17.1. The highest BCUT2D eigenvalue weighted by Gasteiger charge is 2.39. The third kappa shape index (κ3) is 6.09. The van der Waals surface area contributed by atoms with E-state index in [9.17, 15) is 20.3 Å². The van der Waals surface area contributed by atoms with E-state index in [0.717, 1.165) is 12.8 Å². The summed E-state index contributed by atoms with van der Waals surface area (Å²) in [6, 6.07) is 0. The number of β-amino-alcohol motifs (C(OH)–C–C–N with tert-alkyl or cyclic N) is 1. The maximum absolute atomic E-state index is 11.3. The molecule has 0 aromatic carbocycles. The predicted molar refractivity (Wildman–Crippen MR) is 103 cm³/mol. The molecule has 0 radical (unpaired) electrons. The number of nitrogens with zero attached hydrogens (tertiary/aromatic N) is 2. The molecule has 8 heteroatoms. The summed E-state index contributed by atoms with van der Waals surface area (Å²) in [4.78, 5) is 12.6. The van der Waals surface area contributed by atoms with Crippen LogP contribution in [-0.2, 0) is 4.74 Å². The fraction of sp³-hybridized carbons (Fsp3) is 1.00. The first kappa shape index (κ1) is 22.5. The average molecular weight is 388 g/mol. The van der Waals surface area contributed by atoms with Gasteiger partial charge in [0.25, 0.3) is 6.17 Å². The molecule has 2 rings (SSSR count). The smallest absolute Gasteiger partial charge is 0.280 e. The summed E-state index contributed by atoms with van der Waals surface area (Å²) in [5.74, 6) is 1.44. The van der Waals surface area contributed by atoms with Gasteiger partial charge in [-0.15, -0.1) is 0 Å². The van der Waals surface area contributed by atoms with E-state index in [0.29, 0.717) is 30.8 Å². The van der Waals surface area contributed by atoms with Gasteiger partial charge in [-0.3, -0.25) is 10.1 Å². The molecule has 2 fully saturated rings. The van der Waals surface area contributed by atoms with Crippen LogP contribution in [0.2, 0.25) is 0 Å². The highest BCUT2D eigenvalue weighted by atomic mass is 16.6. The summed E-state index contributed by atoms with van der Waals surface area (Å²) in [5.41, 5.74) is 0. The SMILES string of the molecule is CC1CCC(C(C)C)C(OC(C(C)O)C(O)CN2CCNCC2[N+](=O)[O-])C1. The van der Waals surface area contributed by atoms with Gasteiger partial charge in [0.15, 0.2) is 0 Å². The van der Waals surface area contributed by atoms with Crippen molar-refractivity contribution in [2.75, 3.05) is 26.2 Å². The van der Waals surface area contributed by atoms with Gasteiger partial charge in [-0.1, -0.05) is 27.2 Å². The van der Waals surface area contributed by atoms with E-state index in [4.69, 9.17) is 4.74 Å². The lowest BCUT2D eigenvalue weighted by atomic mass is 9.75. The van der Waals surface area contributed by atoms with Crippen LogP contribution in [0.15, 0.2) is 0 Å². The predicted octanol–water partition coefficient (Wildman–Crippen LogP) is 1.08. The van der Waals surface area contributed by atoms with E-state index in [1.807, 2.05) is 0 Å². The van der Waals surface area contributed by atoms with Gasteiger partial charge in [-0.05, 0) is 37.5 Å².